The number of fused-ring (bicyclic) bond motifs is 6. The molecule has 15 nitrogen and oxygen atoms in total. The van der Waals surface area contributed by atoms with Gasteiger partial charge in [0.1, 0.15) is 34.0 Å². The highest BCUT2D eigenvalue weighted by molar-refractivity contribution is 5.97. The normalized spacial score (nSPS) is 17.0. The molecular weight excluding hydrogens is 958 g/mol. The van der Waals surface area contributed by atoms with Crippen molar-refractivity contribution in [1.82, 2.24) is 59.6 Å². The summed E-state index contributed by atoms with van der Waals surface area (Å²) in [6, 6.07) is 20.9. The summed E-state index contributed by atoms with van der Waals surface area (Å²) in [5.41, 5.74) is 14.1. The minimum absolute atomic E-state index is 0. The van der Waals surface area contributed by atoms with Gasteiger partial charge in [0.15, 0.2) is 17.5 Å². The second kappa shape index (κ2) is 19.9. The van der Waals surface area contributed by atoms with Gasteiger partial charge in [0.05, 0.1) is 34.7 Å². The van der Waals surface area contributed by atoms with Crippen LogP contribution in [0.1, 0.15) is 143 Å². The largest absolute Gasteiger partial charge is 0.331 e. The topological polar surface area (TPSA) is 186 Å². The maximum atomic E-state index is 14.0. The molecule has 18 heteroatoms. The Labute approximate surface area is 435 Å². The predicted molar refractivity (Wildman–Crippen MR) is 285 cm³/mol. The fourth-order valence-electron chi connectivity index (χ4n) is 10.5. The maximum Gasteiger partial charge on any atom is 0.290 e. The van der Waals surface area contributed by atoms with Crippen molar-refractivity contribution in [2.24, 2.45) is 0 Å². The molecule has 75 heavy (non-hydrogen) atoms. The van der Waals surface area contributed by atoms with E-state index in [1.807, 2.05) is 98.7 Å². The summed E-state index contributed by atoms with van der Waals surface area (Å²) in [6.07, 6.45) is 2.13. The van der Waals surface area contributed by atoms with Crippen molar-refractivity contribution in [2.75, 3.05) is 19.6 Å². The van der Waals surface area contributed by atoms with Gasteiger partial charge in [-0.1, -0.05) is 36.4 Å². The number of amides is 3. The van der Waals surface area contributed by atoms with Gasteiger partial charge in [-0.15, -0.1) is 0 Å². The Kier molecular flexibility index (Phi) is 13.3. The van der Waals surface area contributed by atoms with E-state index < -0.39 is 17.5 Å². The van der Waals surface area contributed by atoms with Crippen LogP contribution in [0.4, 0.5) is 13.2 Å². The van der Waals surface area contributed by atoms with Crippen LogP contribution in [0.15, 0.2) is 72.8 Å². The molecule has 0 radical (unpaired) electrons. The van der Waals surface area contributed by atoms with Crippen molar-refractivity contribution in [3.63, 3.8) is 0 Å². The number of imidazole rings is 3. The van der Waals surface area contributed by atoms with Crippen molar-refractivity contribution in [1.29, 1.82) is 0 Å². The highest BCUT2D eigenvalue weighted by atomic mass is 19.1. The van der Waals surface area contributed by atoms with Crippen LogP contribution in [0.25, 0.3) is 33.1 Å². The second-order valence-electron chi connectivity index (χ2n) is 19.8. The monoisotopic (exact) mass is 1020 g/mol. The van der Waals surface area contributed by atoms with Crippen LogP contribution in [-0.4, -0.2) is 96.9 Å². The van der Waals surface area contributed by atoms with E-state index in [1.165, 1.54) is 18.2 Å². The molecule has 0 aliphatic carbocycles. The van der Waals surface area contributed by atoms with Gasteiger partial charge in [-0.3, -0.25) is 29.3 Å². The van der Waals surface area contributed by atoms with Crippen molar-refractivity contribution in [3.8, 4) is 0 Å². The molecule has 9 aromatic rings. The Balaban J connectivity index is 0.000000166. The lowest BCUT2D eigenvalue weighted by Gasteiger charge is -2.34. The van der Waals surface area contributed by atoms with E-state index in [1.54, 1.807) is 32.9 Å². The van der Waals surface area contributed by atoms with Crippen LogP contribution in [0.5, 0.6) is 0 Å². The highest BCUT2D eigenvalue weighted by Crippen LogP contribution is 2.34. The van der Waals surface area contributed by atoms with Crippen molar-refractivity contribution in [2.45, 2.75) is 99.7 Å². The molecule has 6 aromatic heterocycles. The number of hydrogen-bond donors (Lipinski definition) is 3. The number of benzene rings is 3. The number of H-pyrrole nitrogens is 3. The van der Waals surface area contributed by atoms with E-state index in [0.29, 0.717) is 55.4 Å². The van der Waals surface area contributed by atoms with Crippen molar-refractivity contribution < 1.29 is 31.8 Å². The van der Waals surface area contributed by atoms with Gasteiger partial charge in [-0.25, -0.2) is 28.1 Å². The number of rotatable bonds is 3. The predicted octanol–water partition coefficient (Wildman–Crippen LogP) is 11.2. The Bertz CT molecular complexity index is 3270. The number of halogens is 3. The Morgan fingerprint density at radius 1 is 0.427 bits per heavy atom. The molecule has 0 bridgehead atoms. The standard InChI is InChI=1S/3C19H19FN4O.3H2/c3*1-10-4-7-14(20)17-16(10)22-18(23-17)19(25)24-9-8-15-13(12(24)3)6-5-11(2)21-15;;;/h3*4-7,12H,8-9H2,1-3H3,(H,22,23);3*1H/t2*12-;;;;/m10..../s1. The van der Waals surface area contributed by atoms with Gasteiger partial charge in [0, 0.05) is 77.3 Å². The van der Waals surface area contributed by atoms with Crippen LogP contribution >= 0.6 is 0 Å². The van der Waals surface area contributed by atoms with Crippen LogP contribution < -0.4 is 0 Å². The van der Waals surface area contributed by atoms with E-state index in [0.717, 1.165) is 67.5 Å². The molecule has 3 N–H and O–H groups in total. The molecule has 9 heterocycles. The third-order valence-corrected chi connectivity index (χ3v) is 14.7. The second-order valence-corrected chi connectivity index (χ2v) is 19.8. The van der Waals surface area contributed by atoms with Crippen LogP contribution in [0.3, 0.4) is 0 Å². The van der Waals surface area contributed by atoms with E-state index in [9.17, 15) is 27.6 Å². The molecule has 3 amide bonds. The summed E-state index contributed by atoms with van der Waals surface area (Å²) in [4.78, 5) is 79.6. The summed E-state index contributed by atoms with van der Waals surface area (Å²) in [5, 5.41) is 0. The zero-order valence-corrected chi connectivity index (χ0v) is 43.3. The van der Waals surface area contributed by atoms with Crippen molar-refractivity contribution in [3.05, 3.63) is 175 Å². The van der Waals surface area contributed by atoms with Gasteiger partial charge in [-0.2, -0.15) is 0 Å². The molecule has 12 rings (SSSR count). The average Bonchev–Trinajstić information content (AvgIpc) is 4.29. The first-order valence-electron chi connectivity index (χ1n) is 25.1. The lowest BCUT2D eigenvalue weighted by molar-refractivity contribution is 0.0657. The number of hydrogen-bond acceptors (Lipinski definition) is 9. The molecule has 0 saturated heterocycles. The van der Waals surface area contributed by atoms with Crippen molar-refractivity contribution >= 4 is 50.8 Å². The Morgan fingerprint density at radius 3 is 0.947 bits per heavy atom. The molecule has 3 aliphatic rings. The summed E-state index contributed by atoms with van der Waals surface area (Å²) >= 11 is 0. The fourth-order valence-corrected chi connectivity index (χ4v) is 10.5. The van der Waals surface area contributed by atoms with E-state index in [-0.39, 0.29) is 74.2 Å². The quantitative estimate of drug-likeness (QED) is 0.155. The maximum absolute atomic E-state index is 14.0. The van der Waals surface area contributed by atoms with Gasteiger partial charge < -0.3 is 29.7 Å². The molecule has 3 aromatic carbocycles. The van der Waals surface area contributed by atoms with Gasteiger partial charge in [-0.05, 0) is 132 Å². The lowest BCUT2D eigenvalue weighted by Crippen LogP contribution is -2.39. The minimum atomic E-state index is -0.399. The molecule has 0 fully saturated rings. The summed E-state index contributed by atoms with van der Waals surface area (Å²) in [5.74, 6) is -1.30. The number of aromatic nitrogens is 9. The number of nitrogens with zero attached hydrogens (tertiary/aromatic N) is 9. The third kappa shape index (κ3) is 9.37. The first-order valence-corrected chi connectivity index (χ1v) is 25.1. The summed E-state index contributed by atoms with van der Waals surface area (Å²) in [6.45, 7) is 19.1. The first-order chi connectivity index (χ1) is 35.9. The molecule has 3 aliphatic heterocycles. The van der Waals surface area contributed by atoms with E-state index in [2.05, 4.69) is 44.9 Å². The summed E-state index contributed by atoms with van der Waals surface area (Å²) in [7, 11) is 0. The number of aromatic amines is 3. The van der Waals surface area contributed by atoms with Crippen LogP contribution in [0, 0.1) is 59.0 Å². The van der Waals surface area contributed by atoms with E-state index in [4.69, 9.17) is 0 Å². The van der Waals surface area contributed by atoms with E-state index >= 15 is 0 Å². The zero-order chi connectivity index (χ0) is 53.1. The number of aryl methyl sites for hydroxylation is 6. The summed E-state index contributed by atoms with van der Waals surface area (Å²) < 4.78 is 42.0. The highest BCUT2D eigenvalue weighted by Gasteiger charge is 2.34. The number of carbonyl (C=O) groups excluding carboxylic acids is 3. The van der Waals surface area contributed by atoms with Gasteiger partial charge >= 0.3 is 0 Å². The molecule has 1 unspecified atom stereocenters. The zero-order valence-electron chi connectivity index (χ0n) is 43.3. The van der Waals surface area contributed by atoms with Crippen LogP contribution in [-0.2, 0) is 19.3 Å². The molecule has 0 saturated carbocycles. The molecular formula is C57H63F3N12O3. The smallest absolute Gasteiger partial charge is 0.290 e. The number of carbonyl (C=O) groups is 3. The molecule has 3 atom stereocenters. The number of pyridine rings is 3. The molecule has 0 spiro atoms. The van der Waals surface area contributed by atoms with Gasteiger partial charge in [0.25, 0.3) is 17.7 Å². The first kappa shape index (κ1) is 50.3. The molecule has 390 valence electrons. The Hall–Kier alpha value is -8.28. The average molecular weight is 1020 g/mol. The third-order valence-electron chi connectivity index (χ3n) is 14.7. The number of nitrogens with one attached hydrogen (secondary N) is 3. The van der Waals surface area contributed by atoms with Crippen LogP contribution in [0.2, 0.25) is 0 Å². The van der Waals surface area contributed by atoms with Gasteiger partial charge in [0.2, 0.25) is 0 Å². The lowest BCUT2D eigenvalue weighted by atomic mass is 9.97. The SMILES string of the molecule is Cc1ccc2c(n1)CCN(C(=O)c1nc3c(C)ccc(F)c3[nH]1)C2C.Cc1ccc2c(n1)CCN(C(=O)c1nc3c(C)ccc(F)c3[nH]1)[C@@H]2C.Cc1ccc2c(n1)CCN(C(=O)c1nc3c(C)ccc(F)c3[nH]1)[C@H]2C.[HH].[HH].[HH]. The minimum Gasteiger partial charge on any atom is -0.331 e. The fraction of sp³-hybridized carbons (Fsp3) is 0.316. The Morgan fingerprint density at radius 2 is 0.693 bits per heavy atom.